The predicted molar refractivity (Wildman–Crippen MR) is 115 cm³/mol. The highest BCUT2D eigenvalue weighted by molar-refractivity contribution is 6.10. The maximum atomic E-state index is 13.1. The summed E-state index contributed by atoms with van der Waals surface area (Å²) in [6, 6.07) is 17.0. The summed E-state index contributed by atoms with van der Waals surface area (Å²) in [6.07, 6.45) is 1.58. The number of benzene rings is 2. The number of halogens is 1. The van der Waals surface area contributed by atoms with Crippen LogP contribution in [-0.2, 0) is 13.1 Å². The molecule has 31 heavy (non-hydrogen) atoms. The van der Waals surface area contributed by atoms with Crippen molar-refractivity contribution < 1.29 is 13.6 Å². The zero-order valence-corrected chi connectivity index (χ0v) is 16.4. The number of para-hydroxylation sites is 2. The molecule has 5 rings (SSSR count). The number of aromatic nitrogens is 3. The molecule has 3 heterocycles. The Morgan fingerprint density at radius 3 is 2.48 bits per heavy atom. The van der Waals surface area contributed by atoms with Crippen LogP contribution in [-0.4, -0.2) is 20.4 Å². The van der Waals surface area contributed by atoms with Crippen molar-refractivity contribution in [3.8, 4) is 0 Å². The van der Waals surface area contributed by atoms with Crippen LogP contribution in [0.2, 0.25) is 0 Å². The van der Waals surface area contributed by atoms with E-state index in [0.29, 0.717) is 34.5 Å². The van der Waals surface area contributed by atoms with Crippen LogP contribution < -0.4 is 11.1 Å². The number of hydrogen-bond acceptors (Lipinski definition) is 5. The Hall–Kier alpha value is -4.20. The van der Waals surface area contributed by atoms with Gasteiger partial charge in [0.25, 0.3) is 5.91 Å². The molecule has 0 saturated carbocycles. The molecule has 1 amide bonds. The number of nitrogen functional groups attached to an aromatic ring is 1. The van der Waals surface area contributed by atoms with Crippen LogP contribution >= 0.6 is 0 Å². The molecule has 7 nitrogen and oxygen atoms in total. The summed E-state index contributed by atoms with van der Waals surface area (Å²) >= 11 is 0. The van der Waals surface area contributed by atoms with E-state index in [1.165, 1.54) is 12.1 Å². The number of hydrogen-bond donors (Lipinski definition) is 2. The van der Waals surface area contributed by atoms with Gasteiger partial charge in [-0.2, -0.15) is 0 Å². The Morgan fingerprint density at radius 2 is 1.77 bits per heavy atom. The highest BCUT2D eigenvalue weighted by Crippen LogP contribution is 2.28. The first-order valence-corrected chi connectivity index (χ1v) is 9.69. The zero-order valence-electron chi connectivity index (χ0n) is 16.4. The molecule has 0 aliphatic rings. The Kier molecular flexibility index (Phi) is 4.59. The second kappa shape index (κ2) is 7.56. The third-order valence-electron chi connectivity index (χ3n) is 5.08. The maximum Gasteiger partial charge on any atom is 0.257 e. The fraction of sp³-hybridized carbons (Fsp3) is 0.0870. The van der Waals surface area contributed by atoms with E-state index in [9.17, 15) is 9.18 Å². The predicted octanol–water partition coefficient (Wildman–Crippen LogP) is 3.88. The lowest BCUT2D eigenvalue weighted by Gasteiger charge is -2.07. The minimum atomic E-state index is -0.380. The first-order chi connectivity index (χ1) is 15.1. The molecule has 3 N–H and O–H groups in total. The molecule has 0 spiro atoms. The number of carbonyl (C=O) groups is 1. The molecule has 0 aliphatic heterocycles. The quantitative estimate of drug-likeness (QED) is 0.454. The van der Waals surface area contributed by atoms with Crippen LogP contribution in [0.5, 0.6) is 0 Å². The zero-order chi connectivity index (χ0) is 21.4. The Labute approximate surface area is 176 Å². The molecule has 3 aromatic heterocycles. The number of nitrogens with zero attached hydrogens (tertiary/aromatic N) is 3. The average molecular weight is 415 g/mol. The Morgan fingerprint density at radius 1 is 1.03 bits per heavy atom. The summed E-state index contributed by atoms with van der Waals surface area (Å²) < 4.78 is 20.3. The van der Waals surface area contributed by atoms with Crippen molar-refractivity contribution in [3.63, 3.8) is 0 Å². The lowest BCUT2D eigenvalue weighted by atomic mass is 10.2. The summed E-state index contributed by atoms with van der Waals surface area (Å²) in [7, 11) is 0. The Balaban J connectivity index is 1.58. The van der Waals surface area contributed by atoms with Gasteiger partial charge in [-0.3, -0.25) is 4.79 Å². The van der Waals surface area contributed by atoms with Gasteiger partial charge in [0.05, 0.1) is 23.8 Å². The SMILES string of the molecule is Nc1c(C(=O)NCc2ccc(F)cc2)c2nc3ccccc3nc2n1Cc1ccco1. The highest BCUT2D eigenvalue weighted by Gasteiger charge is 2.24. The molecule has 8 heteroatoms. The van der Waals surface area contributed by atoms with Crippen LogP contribution in [0.25, 0.3) is 22.2 Å². The molecular weight excluding hydrogens is 397 g/mol. The van der Waals surface area contributed by atoms with E-state index in [1.54, 1.807) is 29.0 Å². The van der Waals surface area contributed by atoms with Crippen molar-refractivity contribution in [2.24, 2.45) is 0 Å². The van der Waals surface area contributed by atoms with Gasteiger partial charge in [0.1, 0.15) is 28.5 Å². The van der Waals surface area contributed by atoms with E-state index in [4.69, 9.17) is 15.1 Å². The van der Waals surface area contributed by atoms with Crippen LogP contribution in [0.4, 0.5) is 10.2 Å². The first kappa shape index (κ1) is 18.8. The van der Waals surface area contributed by atoms with Gasteiger partial charge in [0.15, 0.2) is 5.65 Å². The lowest BCUT2D eigenvalue weighted by Crippen LogP contribution is -2.24. The minimum absolute atomic E-state index is 0.227. The molecule has 0 bridgehead atoms. The fourth-order valence-electron chi connectivity index (χ4n) is 3.53. The van der Waals surface area contributed by atoms with E-state index in [-0.39, 0.29) is 29.7 Å². The van der Waals surface area contributed by atoms with E-state index in [1.807, 2.05) is 30.3 Å². The lowest BCUT2D eigenvalue weighted by molar-refractivity contribution is 0.0953. The molecule has 0 fully saturated rings. The summed E-state index contributed by atoms with van der Waals surface area (Å²) in [4.78, 5) is 22.5. The topological polar surface area (TPSA) is 99.0 Å². The fourth-order valence-corrected chi connectivity index (χ4v) is 3.53. The van der Waals surface area contributed by atoms with Gasteiger partial charge in [-0.15, -0.1) is 0 Å². The Bertz CT molecular complexity index is 1390. The minimum Gasteiger partial charge on any atom is -0.467 e. The summed E-state index contributed by atoms with van der Waals surface area (Å²) in [6.45, 7) is 0.540. The molecule has 0 radical (unpaired) electrons. The number of carbonyl (C=O) groups excluding carboxylic acids is 1. The molecule has 0 aliphatic carbocycles. The monoisotopic (exact) mass is 415 g/mol. The smallest absolute Gasteiger partial charge is 0.257 e. The van der Waals surface area contributed by atoms with Crippen molar-refractivity contribution in [1.82, 2.24) is 19.9 Å². The number of rotatable bonds is 5. The number of amides is 1. The standard InChI is InChI=1S/C23H18FN5O2/c24-15-9-7-14(8-10-15)12-26-23(30)19-20-22(28-18-6-2-1-5-17(18)27-20)29(21(19)25)13-16-4-3-11-31-16/h1-11H,12-13,25H2,(H,26,30). The molecule has 0 atom stereocenters. The molecule has 2 aromatic carbocycles. The largest absolute Gasteiger partial charge is 0.467 e. The van der Waals surface area contributed by atoms with Crippen molar-refractivity contribution >= 4 is 33.9 Å². The number of anilines is 1. The van der Waals surface area contributed by atoms with Crippen molar-refractivity contribution in [2.45, 2.75) is 13.1 Å². The van der Waals surface area contributed by atoms with Gasteiger partial charge >= 0.3 is 0 Å². The molecule has 5 aromatic rings. The molecule has 154 valence electrons. The summed E-state index contributed by atoms with van der Waals surface area (Å²) in [5.41, 5.74) is 9.72. The van der Waals surface area contributed by atoms with Gasteiger partial charge < -0.3 is 20.0 Å². The molecule has 0 unspecified atom stereocenters. The molecular formula is C23H18FN5O2. The number of nitrogens with two attached hydrogens (primary N) is 1. The van der Waals surface area contributed by atoms with Gasteiger partial charge in [0, 0.05) is 6.54 Å². The highest BCUT2D eigenvalue weighted by atomic mass is 19.1. The average Bonchev–Trinajstić information content (AvgIpc) is 3.38. The van der Waals surface area contributed by atoms with E-state index in [2.05, 4.69) is 10.3 Å². The molecule has 0 saturated heterocycles. The third kappa shape index (κ3) is 3.48. The van der Waals surface area contributed by atoms with Gasteiger partial charge in [0.2, 0.25) is 0 Å². The normalized spacial score (nSPS) is 11.3. The third-order valence-corrected chi connectivity index (χ3v) is 5.08. The second-order valence-electron chi connectivity index (χ2n) is 7.12. The van der Waals surface area contributed by atoms with Gasteiger partial charge in [-0.1, -0.05) is 24.3 Å². The van der Waals surface area contributed by atoms with Crippen LogP contribution in [0, 0.1) is 5.82 Å². The van der Waals surface area contributed by atoms with Gasteiger partial charge in [-0.25, -0.2) is 14.4 Å². The van der Waals surface area contributed by atoms with E-state index < -0.39 is 0 Å². The number of fused-ring (bicyclic) bond motifs is 2. The van der Waals surface area contributed by atoms with E-state index in [0.717, 1.165) is 5.56 Å². The van der Waals surface area contributed by atoms with E-state index >= 15 is 0 Å². The van der Waals surface area contributed by atoms with Crippen LogP contribution in [0.15, 0.2) is 71.3 Å². The summed E-state index contributed by atoms with van der Waals surface area (Å²) in [5, 5.41) is 2.84. The maximum absolute atomic E-state index is 13.1. The van der Waals surface area contributed by atoms with Crippen molar-refractivity contribution in [2.75, 3.05) is 5.73 Å². The second-order valence-corrected chi connectivity index (χ2v) is 7.12. The van der Waals surface area contributed by atoms with Crippen molar-refractivity contribution in [1.29, 1.82) is 0 Å². The van der Waals surface area contributed by atoms with Crippen molar-refractivity contribution in [3.05, 3.63) is 89.6 Å². The summed E-state index contributed by atoms with van der Waals surface area (Å²) in [5.74, 6) is 0.215. The van der Waals surface area contributed by atoms with Crippen LogP contribution in [0.3, 0.4) is 0 Å². The number of furan rings is 1. The number of nitrogens with one attached hydrogen (secondary N) is 1. The van der Waals surface area contributed by atoms with Crippen LogP contribution in [0.1, 0.15) is 21.7 Å². The van der Waals surface area contributed by atoms with Gasteiger partial charge in [-0.05, 0) is 42.0 Å². The first-order valence-electron chi connectivity index (χ1n) is 9.69.